The van der Waals surface area contributed by atoms with Crippen LogP contribution in [0.5, 0.6) is 11.5 Å². The van der Waals surface area contributed by atoms with Gasteiger partial charge in [-0.3, -0.25) is 14.4 Å². The standard InChI is InChI=1S/C17H18O5.C17H22O3/c1-21-13-6-2-10(3-7-13)9-22-17(20)15-12-5-4-11(8-12)14(15)16(18)19;1-11-13-5-6-14(9-13)16(11)17(18)20-10-12-3-7-15(19-2)8-4-12/h2-7,11-12,14-15H,8-9H2,1H3,(H,18,19);3-4,7-8,11,13-14,16H,5-6,9-10H2,1-2H3/t11?,12?,14-,15+;11-,13?,14?,16-/m11/s1. The Morgan fingerprint density at radius 2 is 1.17 bits per heavy atom. The largest absolute Gasteiger partial charge is 0.497 e. The molecule has 0 saturated heterocycles. The van der Waals surface area contributed by atoms with Gasteiger partial charge >= 0.3 is 17.9 Å². The summed E-state index contributed by atoms with van der Waals surface area (Å²) < 4.78 is 21.1. The van der Waals surface area contributed by atoms with Crippen LogP contribution in [0, 0.1) is 47.3 Å². The zero-order valence-electron chi connectivity index (χ0n) is 24.4. The Morgan fingerprint density at radius 1 is 0.690 bits per heavy atom. The molecule has 2 aromatic rings. The first-order chi connectivity index (χ1) is 20.3. The Bertz CT molecular complexity index is 1280. The minimum absolute atomic E-state index is 0.000480. The van der Waals surface area contributed by atoms with Crippen molar-refractivity contribution >= 4 is 17.9 Å². The number of benzene rings is 2. The average Bonchev–Trinajstić information content (AvgIpc) is 3.81. The second-order valence-electron chi connectivity index (χ2n) is 12.0. The number of rotatable bonds is 9. The van der Waals surface area contributed by atoms with Gasteiger partial charge in [0.05, 0.1) is 32.0 Å². The Kier molecular flexibility index (Phi) is 9.19. The number of carbonyl (C=O) groups excluding carboxylic acids is 2. The number of aliphatic carboxylic acids is 1. The Hall–Kier alpha value is -3.81. The molecule has 8 heteroatoms. The van der Waals surface area contributed by atoms with Crippen molar-refractivity contribution in [3.63, 3.8) is 0 Å². The van der Waals surface area contributed by atoms with Crippen LogP contribution in [0.15, 0.2) is 60.7 Å². The highest BCUT2D eigenvalue weighted by Crippen LogP contribution is 2.52. The van der Waals surface area contributed by atoms with Crippen LogP contribution in [0.25, 0.3) is 0 Å². The monoisotopic (exact) mass is 576 g/mol. The van der Waals surface area contributed by atoms with Crippen molar-refractivity contribution in [1.29, 1.82) is 0 Å². The van der Waals surface area contributed by atoms with E-state index < -0.39 is 23.8 Å². The Balaban J connectivity index is 0.000000169. The van der Waals surface area contributed by atoms with Gasteiger partial charge in [0.2, 0.25) is 0 Å². The molecule has 0 radical (unpaired) electrons. The van der Waals surface area contributed by atoms with Gasteiger partial charge in [0, 0.05) is 0 Å². The number of hydrogen-bond acceptors (Lipinski definition) is 7. The summed E-state index contributed by atoms with van der Waals surface area (Å²) in [6.07, 6.45) is 8.33. The Labute approximate surface area is 247 Å². The molecule has 0 amide bonds. The lowest BCUT2D eigenvalue weighted by atomic mass is 9.80. The summed E-state index contributed by atoms with van der Waals surface area (Å²) in [5, 5.41) is 9.34. The normalized spacial score (nSPS) is 29.9. The predicted molar refractivity (Wildman–Crippen MR) is 154 cm³/mol. The fourth-order valence-electron chi connectivity index (χ4n) is 7.41. The quantitative estimate of drug-likeness (QED) is 0.300. The number of carboxylic acid groups (broad SMARTS) is 1. The van der Waals surface area contributed by atoms with Gasteiger partial charge in [-0.05, 0) is 90.7 Å². The van der Waals surface area contributed by atoms with Gasteiger partial charge in [-0.1, -0.05) is 43.3 Å². The van der Waals surface area contributed by atoms with E-state index in [0.29, 0.717) is 18.4 Å². The molecule has 4 aliphatic carbocycles. The lowest BCUT2D eigenvalue weighted by Gasteiger charge is -2.26. The van der Waals surface area contributed by atoms with Crippen molar-refractivity contribution in [1.82, 2.24) is 0 Å². The van der Waals surface area contributed by atoms with Crippen LogP contribution < -0.4 is 9.47 Å². The van der Waals surface area contributed by atoms with Crippen LogP contribution in [0.1, 0.15) is 43.7 Å². The molecular formula is C34H40O8. The van der Waals surface area contributed by atoms with Crippen molar-refractivity contribution in [3.8, 4) is 11.5 Å². The highest BCUT2D eigenvalue weighted by Gasteiger charge is 2.52. The maximum Gasteiger partial charge on any atom is 0.310 e. The summed E-state index contributed by atoms with van der Waals surface area (Å²) in [5.74, 6) is 0.908. The van der Waals surface area contributed by atoms with Crippen LogP contribution in [-0.2, 0) is 37.1 Å². The molecule has 0 aliphatic heterocycles. The van der Waals surface area contributed by atoms with Crippen molar-refractivity contribution in [2.75, 3.05) is 14.2 Å². The number of ether oxygens (including phenoxy) is 4. The van der Waals surface area contributed by atoms with Crippen molar-refractivity contribution in [2.45, 2.75) is 45.8 Å². The molecule has 0 aromatic heterocycles. The van der Waals surface area contributed by atoms with Gasteiger partial charge in [-0.15, -0.1) is 0 Å². The summed E-state index contributed by atoms with van der Waals surface area (Å²) >= 11 is 0. The van der Waals surface area contributed by atoms with E-state index in [9.17, 15) is 19.5 Å². The van der Waals surface area contributed by atoms with Crippen molar-refractivity contribution in [2.24, 2.45) is 47.3 Å². The summed E-state index contributed by atoms with van der Waals surface area (Å²) in [5.41, 5.74) is 1.86. The zero-order chi connectivity index (χ0) is 29.8. The number of carbonyl (C=O) groups is 3. The first-order valence-electron chi connectivity index (χ1n) is 14.8. The number of fused-ring (bicyclic) bond motifs is 4. The smallest absolute Gasteiger partial charge is 0.310 e. The highest BCUT2D eigenvalue weighted by atomic mass is 16.5. The van der Waals surface area contributed by atoms with Crippen molar-refractivity contribution < 1.29 is 38.4 Å². The highest BCUT2D eigenvalue weighted by molar-refractivity contribution is 5.83. The average molecular weight is 577 g/mol. The number of methoxy groups -OCH3 is 2. The molecular weight excluding hydrogens is 536 g/mol. The van der Waals surface area contributed by atoms with Crippen LogP contribution >= 0.6 is 0 Å². The van der Waals surface area contributed by atoms with Crippen LogP contribution in [0.2, 0.25) is 0 Å². The van der Waals surface area contributed by atoms with E-state index in [0.717, 1.165) is 35.0 Å². The van der Waals surface area contributed by atoms with E-state index in [1.54, 1.807) is 26.4 Å². The molecule has 8 atom stereocenters. The topological polar surface area (TPSA) is 108 Å². The summed E-state index contributed by atoms with van der Waals surface area (Å²) in [7, 11) is 3.23. The van der Waals surface area contributed by atoms with Gasteiger partial charge in [-0.25, -0.2) is 0 Å². The molecule has 6 rings (SSSR count). The molecule has 42 heavy (non-hydrogen) atoms. The molecule has 3 saturated carbocycles. The summed E-state index contributed by atoms with van der Waals surface area (Å²) in [6.45, 7) is 2.72. The van der Waals surface area contributed by atoms with E-state index in [1.165, 1.54) is 19.3 Å². The first-order valence-corrected chi connectivity index (χ1v) is 14.8. The minimum atomic E-state index is -0.914. The number of allylic oxidation sites excluding steroid dienone is 2. The van der Waals surface area contributed by atoms with Gasteiger partial charge in [-0.2, -0.15) is 0 Å². The molecule has 4 bridgehead atoms. The van der Waals surface area contributed by atoms with E-state index in [4.69, 9.17) is 18.9 Å². The molecule has 1 N–H and O–H groups in total. The predicted octanol–water partition coefficient (Wildman–Crippen LogP) is 5.68. The molecule has 224 valence electrons. The van der Waals surface area contributed by atoms with Gasteiger partial charge in [0.15, 0.2) is 0 Å². The fraction of sp³-hybridized carbons (Fsp3) is 0.500. The van der Waals surface area contributed by atoms with Crippen molar-refractivity contribution in [3.05, 3.63) is 71.8 Å². The molecule has 0 spiro atoms. The SMILES string of the molecule is COc1ccc(COC(=O)[C@H]2C3C=CC(C3)[C@H]2C(=O)O)cc1.COc1ccc(COC(=O)[C@H]2C3CCC(C3)[C@H]2C)cc1. The number of esters is 2. The van der Waals surface area contributed by atoms with E-state index in [-0.39, 0.29) is 30.3 Å². The second kappa shape index (κ2) is 13.0. The third kappa shape index (κ3) is 6.32. The third-order valence-corrected chi connectivity index (χ3v) is 9.70. The maximum atomic E-state index is 12.3. The number of carboxylic acids is 1. The maximum absolute atomic E-state index is 12.3. The lowest BCUT2D eigenvalue weighted by Crippen LogP contribution is -2.34. The van der Waals surface area contributed by atoms with Crippen LogP contribution in [0.3, 0.4) is 0 Å². The van der Waals surface area contributed by atoms with E-state index >= 15 is 0 Å². The molecule has 4 unspecified atom stereocenters. The lowest BCUT2D eigenvalue weighted by molar-refractivity contribution is -0.159. The molecule has 0 heterocycles. The second-order valence-corrected chi connectivity index (χ2v) is 12.0. The Morgan fingerprint density at radius 3 is 1.62 bits per heavy atom. The minimum Gasteiger partial charge on any atom is -0.497 e. The van der Waals surface area contributed by atoms with Gasteiger partial charge < -0.3 is 24.1 Å². The van der Waals surface area contributed by atoms with Crippen LogP contribution in [0.4, 0.5) is 0 Å². The van der Waals surface area contributed by atoms with E-state index in [2.05, 4.69) is 6.92 Å². The van der Waals surface area contributed by atoms with E-state index in [1.807, 2.05) is 48.6 Å². The molecule has 8 nitrogen and oxygen atoms in total. The summed E-state index contributed by atoms with van der Waals surface area (Å²) in [4.78, 5) is 36.0. The molecule has 4 aliphatic rings. The molecule has 2 aromatic carbocycles. The number of hydrogen-bond donors (Lipinski definition) is 1. The fourth-order valence-corrected chi connectivity index (χ4v) is 7.41. The zero-order valence-corrected chi connectivity index (χ0v) is 24.4. The molecule has 3 fully saturated rings. The van der Waals surface area contributed by atoms with Crippen LogP contribution in [-0.4, -0.2) is 37.2 Å². The van der Waals surface area contributed by atoms with Gasteiger partial charge in [0.1, 0.15) is 24.7 Å². The van der Waals surface area contributed by atoms with Gasteiger partial charge in [0.25, 0.3) is 0 Å². The third-order valence-electron chi connectivity index (χ3n) is 9.70. The first kappa shape index (κ1) is 29.7. The summed E-state index contributed by atoms with van der Waals surface area (Å²) in [6, 6.07) is 14.9.